The van der Waals surface area contributed by atoms with Crippen LogP contribution >= 0.6 is 0 Å². The largest absolute Gasteiger partial charge is 0.324 e. The molecule has 3 rings (SSSR count). The molecule has 1 saturated heterocycles. The van der Waals surface area contributed by atoms with Crippen LogP contribution in [0.3, 0.4) is 0 Å². The summed E-state index contributed by atoms with van der Waals surface area (Å²) in [6, 6.07) is 10.7. The van der Waals surface area contributed by atoms with Crippen LogP contribution < -0.4 is 5.32 Å². The maximum absolute atomic E-state index is 12.6. The minimum absolute atomic E-state index is 0.102. The first kappa shape index (κ1) is 17.5. The van der Waals surface area contributed by atoms with Gasteiger partial charge in [0, 0.05) is 19.1 Å². The minimum Gasteiger partial charge on any atom is -0.324 e. The molecular formula is C19H27N5O. The highest BCUT2D eigenvalue weighted by Gasteiger charge is 2.22. The molecule has 0 radical (unpaired) electrons. The number of anilines is 1. The molecule has 6 nitrogen and oxygen atoms in total. The first-order chi connectivity index (χ1) is 12.0. The van der Waals surface area contributed by atoms with Gasteiger partial charge in [-0.15, -0.1) is 5.10 Å². The lowest BCUT2D eigenvalue weighted by Crippen LogP contribution is -2.36. The molecule has 2 amide bonds. The Labute approximate surface area is 149 Å². The highest BCUT2D eigenvalue weighted by Crippen LogP contribution is 2.28. The van der Waals surface area contributed by atoms with Gasteiger partial charge in [-0.3, -0.25) is 5.32 Å². The smallest absolute Gasteiger partial charge is 0.324 e. The summed E-state index contributed by atoms with van der Waals surface area (Å²) in [7, 11) is 0. The Balaban J connectivity index is 1.60. The lowest BCUT2D eigenvalue weighted by atomic mass is 9.92. The molecule has 0 spiro atoms. The number of likely N-dealkylation sites (tertiary alicyclic amines) is 1. The molecule has 1 N–H and O–H groups in total. The summed E-state index contributed by atoms with van der Waals surface area (Å²) >= 11 is 0. The summed E-state index contributed by atoms with van der Waals surface area (Å²) in [5.41, 5.74) is 1.37. The molecule has 1 aliphatic rings. The molecule has 0 saturated carbocycles. The number of aromatic nitrogens is 3. The maximum Gasteiger partial charge on any atom is 0.324 e. The van der Waals surface area contributed by atoms with E-state index in [1.54, 1.807) is 0 Å². The van der Waals surface area contributed by atoms with Gasteiger partial charge in [-0.05, 0) is 51.5 Å². The molecule has 0 unspecified atom stereocenters. The van der Waals surface area contributed by atoms with E-state index in [1.165, 1.54) is 5.56 Å². The number of rotatable bonds is 3. The Kier molecular flexibility index (Phi) is 5.36. The van der Waals surface area contributed by atoms with Gasteiger partial charge in [0.25, 0.3) is 0 Å². The number of carbonyl (C=O) groups is 1. The Morgan fingerprint density at radius 1 is 1.20 bits per heavy atom. The fraction of sp³-hybridized carbons (Fsp3) is 0.526. The van der Waals surface area contributed by atoms with Gasteiger partial charge < -0.3 is 4.90 Å². The van der Waals surface area contributed by atoms with E-state index < -0.39 is 0 Å². The SMILES string of the molecule is Cc1nc(NC(=O)N2CCC[C@H](c3ccccc3)CC2)nn1C(C)C. The topological polar surface area (TPSA) is 63.1 Å². The lowest BCUT2D eigenvalue weighted by molar-refractivity contribution is 0.213. The van der Waals surface area contributed by atoms with E-state index in [-0.39, 0.29) is 12.1 Å². The van der Waals surface area contributed by atoms with Gasteiger partial charge in [0.2, 0.25) is 5.95 Å². The number of nitrogens with one attached hydrogen (secondary N) is 1. The zero-order chi connectivity index (χ0) is 17.8. The van der Waals surface area contributed by atoms with Crippen molar-refractivity contribution in [3.8, 4) is 0 Å². The van der Waals surface area contributed by atoms with Crippen molar-refractivity contribution in [3.63, 3.8) is 0 Å². The molecule has 2 aromatic rings. The number of aryl methyl sites for hydroxylation is 1. The molecule has 0 aliphatic carbocycles. The Hall–Kier alpha value is -2.37. The molecule has 1 aromatic heterocycles. The fourth-order valence-corrected chi connectivity index (χ4v) is 3.48. The summed E-state index contributed by atoms with van der Waals surface area (Å²) in [4.78, 5) is 18.8. The Morgan fingerprint density at radius 3 is 2.64 bits per heavy atom. The molecular weight excluding hydrogens is 314 g/mol. The molecule has 1 atom stereocenters. The monoisotopic (exact) mass is 341 g/mol. The van der Waals surface area contributed by atoms with Gasteiger partial charge in [0.15, 0.2) is 0 Å². The number of hydrogen-bond donors (Lipinski definition) is 1. The van der Waals surface area contributed by atoms with Crippen LogP contribution in [0.15, 0.2) is 30.3 Å². The highest BCUT2D eigenvalue weighted by atomic mass is 16.2. The van der Waals surface area contributed by atoms with E-state index in [1.807, 2.05) is 36.4 Å². The second-order valence-corrected chi connectivity index (χ2v) is 6.98. The number of urea groups is 1. The van der Waals surface area contributed by atoms with E-state index in [4.69, 9.17) is 0 Å². The molecule has 1 aliphatic heterocycles. The average Bonchev–Trinajstić information content (AvgIpc) is 2.82. The Morgan fingerprint density at radius 2 is 1.96 bits per heavy atom. The number of nitrogens with zero attached hydrogens (tertiary/aromatic N) is 4. The van der Waals surface area contributed by atoms with Crippen molar-refractivity contribution >= 4 is 12.0 Å². The molecule has 6 heteroatoms. The second kappa shape index (κ2) is 7.68. The van der Waals surface area contributed by atoms with E-state index >= 15 is 0 Å². The number of hydrogen-bond acceptors (Lipinski definition) is 3. The zero-order valence-corrected chi connectivity index (χ0v) is 15.3. The van der Waals surface area contributed by atoms with Crippen molar-refractivity contribution < 1.29 is 4.79 Å². The van der Waals surface area contributed by atoms with Gasteiger partial charge in [-0.25, -0.2) is 9.48 Å². The van der Waals surface area contributed by atoms with Gasteiger partial charge in [0.1, 0.15) is 5.82 Å². The van der Waals surface area contributed by atoms with Crippen LogP contribution in [0.25, 0.3) is 0 Å². The summed E-state index contributed by atoms with van der Waals surface area (Å²) in [6.45, 7) is 7.53. The Bertz CT molecular complexity index is 710. The number of amides is 2. The number of benzene rings is 1. The van der Waals surface area contributed by atoms with E-state index in [2.05, 4.69) is 39.7 Å². The average molecular weight is 341 g/mol. The predicted molar refractivity (Wildman–Crippen MR) is 98.8 cm³/mol. The van der Waals surface area contributed by atoms with E-state index in [0.29, 0.717) is 11.9 Å². The van der Waals surface area contributed by atoms with Crippen molar-refractivity contribution in [2.45, 2.75) is 52.0 Å². The highest BCUT2D eigenvalue weighted by molar-refractivity contribution is 5.87. The van der Waals surface area contributed by atoms with Crippen LogP contribution in [0.4, 0.5) is 10.7 Å². The fourth-order valence-electron chi connectivity index (χ4n) is 3.48. The van der Waals surface area contributed by atoms with Gasteiger partial charge in [0.05, 0.1) is 0 Å². The van der Waals surface area contributed by atoms with E-state index in [9.17, 15) is 4.79 Å². The summed E-state index contributed by atoms with van der Waals surface area (Å²) < 4.78 is 1.82. The third kappa shape index (κ3) is 4.18. The van der Waals surface area contributed by atoms with Gasteiger partial charge in [-0.2, -0.15) is 4.98 Å². The van der Waals surface area contributed by atoms with Crippen molar-refractivity contribution in [2.75, 3.05) is 18.4 Å². The van der Waals surface area contributed by atoms with Crippen LogP contribution in [0.2, 0.25) is 0 Å². The van der Waals surface area contributed by atoms with Crippen LogP contribution in [0, 0.1) is 6.92 Å². The molecule has 0 bridgehead atoms. The molecule has 1 aromatic carbocycles. The normalized spacial score (nSPS) is 18.2. The minimum atomic E-state index is -0.102. The summed E-state index contributed by atoms with van der Waals surface area (Å²) in [5, 5.41) is 7.23. The molecule has 134 valence electrons. The van der Waals surface area contributed by atoms with Gasteiger partial charge >= 0.3 is 6.03 Å². The first-order valence-electron chi connectivity index (χ1n) is 9.08. The maximum atomic E-state index is 12.6. The van der Waals surface area contributed by atoms with E-state index in [0.717, 1.165) is 38.2 Å². The quantitative estimate of drug-likeness (QED) is 0.919. The van der Waals surface area contributed by atoms with Crippen LogP contribution in [-0.4, -0.2) is 38.8 Å². The van der Waals surface area contributed by atoms with Crippen molar-refractivity contribution in [1.82, 2.24) is 19.7 Å². The zero-order valence-electron chi connectivity index (χ0n) is 15.3. The van der Waals surface area contributed by atoms with Crippen molar-refractivity contribution in [3.05, 3.63) is 41.7 Å². The predicted octanol–water partition coefficient (Wildman–Crippen LogP) is 3.97. The van der Waals surface area contributed by atoms with Gasteiger partial charge in [-0.1, -0.05) is 30.3 Å². The lowest BCUT2D eigenvalue weighted by Gasteiger charge is -2.20. The molecule has 2 heterocycles. The second-order valence-electron chi connectivity index (χ2n) is 6.98. The summed E-state index contributed by atoms with van der Waals surface area (Å²) in [6.07, 6.45) is 3.12. The third-order valence-corrected chi connectivity index (χ3v) is 4.80. The first-order valence-corrected chi connectivity index (χ1v) is 9.08. The molecule has 1 fully saturated rings. The summed E-state index contributed by atoms with van der Waals surface area (Å²) in [5.74, 6) is 1.73. The van der Waals surface area contributed by atoms with Crippen molar-refractivity contribution in [2.24, 2.45) is 0 Å². The van der Waals surface area contributed by atoms with Crippen molar-refractivity contribution in [1.29, 1.82) is 0 Å². The van der Waals surface area contributed by atoms with Crippen LogP contribution in [-0.2, 0) is 0 Å². The van der Waals surface area contributed by atoms with Crippen LogP contribution in [0.1, 0.15) is 56.5 Å². The third-order valence-electron chi connectivity index (χ3n) is 4.80. The number of carbonyl (C=O) groups excluding carboxylic acids is 1. The molecule has 25 heavy (non-hydrogen) atoms. The van der Waals surface area contributed by atoms with Crippen LogP contribution in [0.5, 0.6) is 0 Å². The standard InChI is InChI=1S/C19H27N5O/c1-14(2)24-15(3)20-18(22-24)21-19(25)23-12-7-10-17(11-13-23)16-8-5-4-6-9-16/h4-6,8-9,14,17H,7,10-13H2,1-3H3,(H,21,22,25)/t17-/m0/s1.